The highest BCUT2D eigenvalue weighted by molar-refractivity contribution is 4.22. The quantitative estimate of drug-likeness (QED) is 0.384. The van der Waals surface area contributed by atoms with Crippen LogP contribution in [0.2, 0.25) is 0 Å². The Morgan fingerprint density at radius 2 is 1.57 bits per heavy atom. The number of hydrogen-bond donors (Lipinski definition) is 0. The first kappa shape index (κ1) is 6.16. The molecule has 0 saturated heterocycles. The molecule has 7 heavy (non-hydrogen) atoms. The zero-order valence-corrected chi connectivity index (χ0v) is 3.53. The van der Waals surface area contributed by atoms with Crippen molar-refractivity contribution in [2.24, 2.45) is 10.4 Å². The summed E-state index contributed by atoms with van der Waals surface area (Å²) < 4.78 is 4.17. The average Bonchev–Trinajstić information content (AvgIpc) is 1.69. The predicted molar refractivity (Wildman–Crippen MR) is 22.4 cm³/mol. The normalized spacial score (nSPS) is 8.00. The van der Waals surface area contributed by atoms with Crippen molar-refractivity contribution in [2.45, 2.75) is 0 Å². The largest absolute Gasteiger partial charge is 0.330 e. The molecule has 0 aromatic carbocycles. The Morgan fingerprint density at radius 3 is 1.86 bits per heavy atom. The van der Waals surface area contributed by atoms with Gasteiger partial charge in [-0.15, -0.1) is 9.81 Å². The maximum Gasteiger partial charge on any atom is 0.181 e. The highest BCUT2D eigenvalue weighted by atomic mass is 16.5. The molecule has 0 fully saturated rings. The molecule has 5 heteroatoms. The van der Waals surface area contributed by atoms with E-state index in [0.717, 1.165) is 0 Å². The molecule has 40 valence electrons. The lowest BCUT2D eigenvalue weighted by Crippen LogP contribution is -1.87. The van der Waals surface area contributed by atoms with E-state index >= 15 is 0 Å². The fourth-order valence-corrected chi connectivity index (χ4v) is 0.115. The van der Waals surface area contributed by atoms with Crippen LogP contribution in [0.1, 0.15) is 0 Å². The van der Waals surface area contributed by atoms with Crippen LogP contribution in [0.4, 0.5) is 0 Å². The van der Waals surface area contributed by atoms with Gasteiger partial charge in [-0.1, -0.05) is 0 Å². The molecule has 0 bridgehead atoms. The molecule has 0 heterocycles. The molecule has 0 aliphatic heterocycles. The fourth-order valence-electron chi connectivity index (χ4n) is 0.115. The van der Waals surface area contributed by atoms with Crippen LogP contribution in [0.5, 0.6) is 0 Å². The molecule has 0 atom stereocenters. The molecule has 5 nitrogen and oxygen atoms in total. The van der Waals surface area contributed by atoms with Gasteiger partial charge >= 0.3 is 0 Å². The third kappa shape index (κ3) is 5.16. The Balaban J connectivity index is 2.68. The number of ether oxygens (including phenoxy) is 1. The van der Waals surface area contributed by atoms with Crippen molar-refractivity contribution in [1.82, 2.24) is 0 Å². The highest BCUT2D eigenvalue weighted by Gasteiger charge is 1.78. The Kier molecular flexibility index (Phi) is 4.54. The molecular weight excluding hydrogens is 100 g/mol. The van der Waals surface area contributed by atoms with Crippen molar-refractivity contribution in [1.29, 1.82) is 0 Å². The van der Waals surface area contributed by atoms with Crippen LogP contribution in [0.25, 0.3) is 0 Å². The number of hydrogen-bond acceptors (Lipinski definition) is 5. The number of nitrogens with zero attached hydrogens (tertiary/aromatic N) is 2. The molecule has 0 amide bonds. The highest BCUT2D eigenvalue weighted by Crippen LogP contribution is 1.72. The maximum atomic E-state index is 9.16. The second-order valence-corrected chi connectivity index (χ2v) is 0.721. The third-order valence-electron chi connectivity index (χ3n) is 0.288. The first-order chi connectivity index (χ1) is 3.41. The Morgan fingerprint density at radius 1 is 1.14 bits per heavy atom. The molecule has 0 aromatic rings. The molecular formula is C2H4N2O3. The first-order valence-electron chi connectivity index (χ1n) is 1.57. The SMILES string of the molecule is O=NCOCN=O. The van der Waals surface area contributed by atoms with Crippen molar-refractivity contribution in [2.75, 3.05) is 13.5 Å². The van der Waals surface area contributed by atoms with Crippen LogP contribution in [-0.4, -0.2) is 13.5 Å². The summed E-state index contributed by atoms with van der Waals surface area (Å²) in [5, 5.41) is 4.60. The molecule has 0 aliphatic carbocycles. The van der Waals surface area contributed by atoms with E-state index in [0.29, 0.717) is 0 Å². The van der Waals surface area contributed by atoms with Gasteiger partial charge in [-0.25, -0.2) is 0 Å². The fraction of sp³-hybridized carbons (Fsp3) is 1.00. The molecule has 0 N–H and O–H groups in total. The summed E-state index contributed by atoms with van der Waals surface area (Å²) in [5.41, 5.74) is 0. The Bertz CT molecular complexity index is 56.0. The van der Waals surface area contributed by atoms with Crippen LogP contribution < -0.4 is 0 Å². The monoisotopic (exact) mass is 104 g/mol. The summed E-state index contributed by atoms with van der Waals surface area (Å²) in [4.78, 5) is 18.3. The van der Waals surface area contributed by atoms with E-state index in [2.05, 4.69) is 15.1 Å². The van der Waals surface area contributed by atoms with Crippen LogP contribution in [0.15, 0.2) is 10.4 Å². The zero-order valence-electron chi connectivity index (χ0n) is 3.53. The van der Waals surface area contributed by atoms with Gasteiger partial charge in [0.05, 0.1) is 0 Å². The molecule has 0 rings (SSSR count). The maximum absolute atomic E-state index is 9.16. The number of rotatable bonds is 4. The van der Waals surface area contributed by atoms with E-state index in [-0.39, 0.29) is 13.5 Å². The standard InChI is InChI=1S/C2H4N2O3/c5-3-1-7-2-4-6/h1-2H2. The molecule has 0 aliphatic rings. The minimum atomic E-state index is -0.300. The van der Waals surface area contributed by atoms with Gasteiger partial charge in [0.2, 0.25) is 0 Å². The molecule has 0 unspecified atom stereocenters. The minimum Gasteiger partial charge on any atom is -0.330 e. The predicted octanol–water partition coefficient (Wildman–Crippen LogP) is 0.451. The van der Waals surface area contributed by atoms with Gasteiger partial charge in [0, 0.05) is 0 Å². The van der Waals surface area contributed by atoms with Gasteiger partial charge in [-0.3, -0.25) is 0 Å². The Labute approximate surface area is 39.6 Å². The van der Waals surface area contributed by atoms with Gasteiger partial charge in [-0.2, -0.15) is 0 Å². The summed E-state index contributed by atoms with van der Waals surface area (Å²) in [6.45, 7) is -0.600. The summed E-state index contributed by atoms with van der Waals surface area (Å²) in [6.07, 6.45) is 0. The van der Waals surface area contributed by atoms with Gasteiger partial charge < -0.3 is 4.74 Å². The van der Waals surface area contributed by atoms with Crippen LogP contribution in [0, 0.1) is 9.81 Å². The smallest absolute Gasteiger partial charge is 0.181 e. The molecule has 0 radical (unpaired) electrons. The second-order valence-electron chi connectivity index (χ2n) is 0.721. The van der Waals surface area contributed by atoms with Gasteiger partial charge in [-0.05, 0) is 10.4 Å². The van der Waals surface area contributed by atoms with E-state index in [1.54, 1.807) is 0 Å². The summed E-state index contributed by atoms with van der Waals surface area (Å²) >= 11 is 0. The van der Waals surface area contributed by atoms with E-state index < -0.39 is 0 Å². The van der Waals surface area contributed by atoms with Crippen molar-refractivity contribution in [3.8, 4) is 0 Å². The second kappa shape index (κ2) is 5.16. The molecule has 0 aromatic heterocycles. The first-order valence-corrected chi connectivity index (χ1v) is 1.57. The topological polar surface area (TPSA) is 68.1 Å². The van der Waals surface area contributed by atoms with Crippen LogP contribution >= 0.6 is 0 Å². The van der Waals surface area contributed by atoms with Crippen molar-refractivity contribution >= 4 is 0 Å². The Hall–Kier alpha value is -0.840. The van der Waals surface area contributed by atoms with Gasteiger partial charge in [0.25, 0.3) is 0 Å². The van der Waals surface area contributed by atoms with E-state index in [9.17, 15) is 0 Å². The molecule has 0 spiro atoms. The van der Waals surface area contributed by atoms with Gasteiger partial charge in [0.1, 0.15) is 0 Å². The number of nitroso groups, excluding NO2 is 2. The summed E-state index contributed by atoms with van der Waals surface area (Å²) in [5.74, 6) is 0. The van der Waals surface area contributed by atoms with Crippen molar-refractivity contribution < 1.29 is 4.74 Å². The van der Waals surface area contributed by atoms with E-state index in [4.69, 9.17) is 9.81 Å². The third-order valence-corrected chi connectivity index (χ3v) is 0.288. The minimum absolute atomic E-state index is 0.300. The average molecular weight is 104 g/mol. The lowest BCUT2D eigenvalue weighted by Gasteiger charge is -1.83. The summed E-state index contributed by atoms with van der Waals surface area (Å²) in [6, 6.07) is 0. The van der Waals surface area contributed by atoms with Crippen molar-refractivity contribution in [3.63, 3.8) is 0 Å². The summed E-state index contributed by atoms with van der Waals surface area (Å²) in [7, 11) is 0. The lowest BCUT2D eigenvalue weighted by atomic mass is 11.2. The van der Waals surface area contributed by atoms with Crippen LogP contribution in [-0.2, 0) is 4.74 Å². The van der Waals surface area contributed by atoms with Crippen LogP contribution in [0.3, 0.4) is 0 Å². The molecule has 0 saturated carbocycles. The zero-order chi connectivity index (χ0) is 5.54. The van der Waals surface area contributed by atoms with Crippen molar-refractivity contribution in [3.05, 3.63) is 9.81 Å². The van der Waals surface area contributed by atoms with Gasteiger partial charge in [0.15, 0.2) is 13.5 Å². The van der Waals surface area contributed by atoms with E-state index in [1.165, 1.54) is 0 Å². The lowest BCUT2D eigenvalue weighted by molar-refractivity contribution is 0.149. The van der Waals surface area contributed by atoms with E-state index in [1.807, 2.05) is 0 Å².